The van der Waals surface area contributed by atoms with Crippen LogP contribution in [0.5, 0.6) is 11.5 Å². The second-order valence-electron chi connectivity index (χ2n) is 4.75. The molecule has 0 spiro atoms. The Hall–Kier alpha value is -1.01. The number of rotatable bonds is 5. The van der Waals surface area contributed by atoms with Crippen LogP contribution in [0.4, 0.5) is 0 Å². The normalized spacial score (nSPS) is 17.3. The van der Waals surface area contributed by atoms with E-state index in [1.807, 2.05) is 12.1 Å². The summed E-state index contributed by atoms with van der Waals surface area (Å²) < 4.78 is 5.16. The summed E-state index contributed by atoms with van der Waals surface area (Å²) in [7, 11) is 1.55. The Bertz CT molecular complexity index is 411. The van der Waals surface area contributed by atoms with Gasteiger partial charge in [-0.3, -0.25) is 4.90 Å². The van der Waals surface area contributed by atoms with Crippen LogP contribution in [0.3, 0.4) is 0 Å². The zero-order valence-electron chi connectivity index (χ0n) is 11.7. The highest BCUT2D eigenvalue weighted by Gasteiger charge is 2.22. The molecule has 0 bridgehead atoms. The minimum atomic E-state index is 0. The fourth-order valence-electron chi connectivity index (χ4n) is 2.58. The van der Waals surface area contributed by atoms with Crippen LogP contribution in [0.25, 0.3) is 0 Å². The Kier molecular flexibility index (Phi) is 7.09. The minimum Gasteiger partial charge on any atom is -0.504 e. The van der Waals surface area contributed by atoms with Crippen molar-refractivity contribution in [2.75, 3.05) is 39.9 Å². The molecule has 3 N–H and O–H groups in total. The number of aliphatic hydroxyl groups is 1. The SMILES string of the molecule is COc1cc([C@H](CCO)N2CCNCC2)ccc1O.Cl. The summed E-state index contributed by atoms with van der Waals surface area (Å²) in [5, 5.41) is 22.3. The van der Waals surface area contributed by atoms with E-state index in [0.29, 0.717) is 12.2 Å². The fraction of sp³-hybridized carbons (Fsp3) is 0.571. The number of piperazine rings is 1. The number of aliphatic hydroxyl groups excluding tert-OH is 1. The van der Waals surface area contributed by atoms with E-state index in [9.17, 15) is 10.2 Å². The van der Waals surface area contributed by atoms with E-state index in [1.54, 1.807) is 13.2 Å². The van der Waals surface area contributed by atoms with Gasteiger partial charge in [0.15, 0.2) is 11.5 Å². The maximum absolute atomic E-state index is 9.66. The van der Waals surface area contributed by atoms with E-state index >= 15 is 0 Å². The van der Waals surface area contributed by atoms with Gasteiger partial charge in [-0.25, -0.2) is 0 Å². The summed E-state index contributed by atoms with van der Waals surface area (Å²) in [5.41, 5.74) is 1.07. The topological polar surface area (TPSA) is 65.0 Å². The van der Waals surface area contributed by atoms with Crippen LogP contribution >= 0.6 is 12.4 Å². The van der Waals surface area contributed by atoms with Crippen molar-refractivity contribution in [1.82, 2.24) is 10.2 Å². The number of methoxy groups -OCH3 is 1. The molecule has 6 heteroatoms. The van der Waals surface area contributed by atoms with Gasteiger partial charge < -0.3 is 20.3 Å². The lowest BCUT2D eigenvalue weighted by molar-refractivity contribution is 0.141. The standard InChI is InChI=1S/C14H22N2O3.ClH/c1-19-14-10-11(2-3-13(14)18)12(4-9-17)16-7-5-15-6-8-16;/h2-3,10,12,15,17-18H,4-9H2,1H3;1H/t12-;/m0./s1. The first-order chi connectivity index (χ1) is 9.26. The molecule has 2 rings (SSSR count). The van der Waals surface area contributed by atoms with Crippen LogP contribution in [0.15, 0.2) is 18.2 Å². The lowest BCUT2D eigenvalue weighted by Gasteiger charge is -2.35. The predicted molar refractivity (Wildman–Crippen MR) is 80.8 cm³/mol. The molecule has 0 saturated carbocycles. The summed E-state index contributed by atoms with van der Waals surface area (Å²) in [6.45, 7) is 4.02. The van der Waals surface area contributed by atoms with Crippen LogP contribution in [0, 0.1) is 0 Å². The largest absolute Gasteiger partial charge is 0.504 e. The molecule has 1 aliphatic rings. The average Bonchev–Trinajstić information content (AvgIpc) is 2.46. The highest BCUT2D eigenvalue weighted by atomic mass is 35.5. The van der Waals surface area contributed by atoms with Crippen molar-refractivity contribution in [1.29, 1.82) is 0 Å². The van der Waals surface area contributed by atoms with Crippen molar-refractivity contribution < 1.29 is 14.9 Å². The molecule has 1 saturated heterocycles. The third-order valence-corrected chi connectivity index (χ3v) is 3.58. The van der Waals surface area contributed by atoms with Crippen LogP contribution < -0.4 is 10.1 Å². The van der Waals surface area contributed by atoms with Crippen molar-refractivity contribution >= 4 is 12.4 Å². The molecular weight excluding hydrogens is 280 g/mol. The predicted octanol–water partition coefficient (Wildman–Crippen LogP) is 1.15. The van der Waals surface area contributed by atoms with Crippen LogP contribution in [0.1, 0.15) is 18.0 Å². The molecule has 1 heterocycles. The summed E-state index contributed by atoms with van der Waals surface area (Å²) in [4.78, 5) is 2.36. The minimum absolute atomic E-state index is 0. The number of aromatic hydroxyl groups is 1. The summed E-state index contributed by atoms with van der Waals surface area (Å²) >= 11 is 0. The van der Waals surface area contributed by atoms with Gasteiger partial charge in [0.05, 0.1) is 7.11 Å². The van der Waals surface area contributed by atoms with Gasteiger partial charge in [0, 0.05) is 38.8 Å². The van der Waals surface area contributed by atoms with E-state index in [4.69, 9.17) is 4.74 Å². The number of halogens is 1. The van der Waals surface area contributed by atoms with E-state index in [2.05, 4.69) is 10.2 Å². The lowest BCUT2D eigenvalue weighted by atomic mass is 10.0. The molecule has 5 nitrogen and oxygen atoms in total. The van der Waals surface area contributed by atoms with Crippen LogP contribution in [-0.2, 0) is 0 Å². The lowest BCUT2D eigenvalue weighted by Crippen LogP contribution is -2.45. The number of benzene rings is 1. The first-order valence-electron chi connectivity index (χ1n) is 6.68. The fourth-order valence-corrected chi connectivity index (χ4v) is 2.58. The summed E-state index contributed by atoms with van der Waals surface area (Å²) in [6.07, 6.45) is 0.688. The molecule has 0 radical (unpaired) electrons. The van der Waals surface area contributed by atoms with E-state index in [1.165, 1.54) is 0 Å². The molecule has 0 aromatic heterocycles. The molecule has 0 amide bonds. The van der Waals surface area contributed by atoms with Gasteiger partial charge in [-0.1, -0.05) is 6.07 Å². The van der Waals surface area contributed by atoms with E-state index < -0.39 is 0 Å². The third-order valence-electron chi connectivity index (χ3n) is 3.58. The van der Waals surface area contributed by atoms with Crippen LogP contribution in [-0.4, -0.2) is 55.0 Å². The molecular formula is C14H23ClN2O3. The highest BCUT2D eigenvalue weighted by molar-refractivity contribution is 5.85. The first-order valence-corrected chi connectivity index (χ1v) is 6.68. The van der Waals surface area contributed by atoms with Gasteiger partial charge in [0.25, 0.3) is 0 Å². The third kappa shape index (κ3) is 3.99. The Morgan fingerprint density at radius 2 is 2.05 bits per heavy atom. The summed E-state index contributed by atoms with van der Waals surface area (Å²) in [6, 6.07) is 5.58. The maximum atomic E-state index is 9.66. The van der Waals surface area contributed by atoms with Gasteiger partial charge in [0.1, 0.15) is 0 Å². The number of phenols is 1. The number of ether oxygens (including phenoxy) is 1. The van der Waals surface area contributed by atoms with Crippen molar-refractivity contribution in [3.8, 4) is 11.5 Å². The molecule has 114 valence electrons. The van der Waals surface area contributed by atoms with Crippen molar-refractivity contribution in [2.24, 2.45) is 0 Å². The molecule has 1 aliphatic heterocycles. The smallest absolute Gasteiger partial charge is 0.160 e. The second-order valence-corrected chi connectivity index (χ2v) is 4.75. The number of nitrogens with one attached hydrogen (secondary N) is 1. The molecule has 1 fully saturated rings. The number of phenolic OH excluding ortho intramolecular Hbond substituents is 1. The van der Waals surface area contributed by atoms with Crippen molar-refractivity contribution in [3.05, 3.63) is 23.8 Å². The Balaban J connectivity index is 0.00000200. The molecule has 0 aliphatic carbocycles. The van der Waals surface area contributed by atoms with E-state index in [-0.39, 0.29) is 30.8 Å². The Labute approximate surface area is 126 Å². The monoisotopic (exact) mass is 302 g/mol. The van der Waals surface area contributed by atoms with Crippen molar-refractivity contribution in [3.63, 3.8) is 0 Å². The molecule has 0 unspecified atom stereocenters. The van der Waals surface area contributed by atoms with Crippen LogP contribution in [0.2, 0.25) is 0 Å². The molecule has 1 aromatic rings. The number of hydrogen-bond acceptors (Lipinski definition) is 5. The average molecular weight is 303 g/mol. The van der Waals surface area contributed by atoms with Crippen molar-refractivity contribution in [2.45, 2.75) is 12.5 Å². The van der Waals surface area contributed by atoms with Gasteiger partial charge in [0.2, 0.25) is 0 Å². The first kappa shape index (κ1) is 17.0. The van der Waals surface area contributed by atoms with Gasteiger partial charge in [-0.2, -0.15) is 0 Å². The Morgan fingerprint density at radius 3 is 2.65 bits per heavy atom. The quantitative estimate of drug-likeness (QED) is 0.761. The number of nitrogens with zero attached hydrogens (tertiary/aromatic N) is 1. The second kappa shape index (κ2) is 8.32. The molecule has 20 heavy (non-hydrogen) atoms. The van der Waals surface area contributed by atoms with E-state index in [0.717, 1.165) is 31.7 Å². The zero-order valence-corrected chi connectivity index (χ0v) is 12.5. The molecule has 1 atom stereocenters. The maximum Gasteiger partial charge on any atom is 0.160 e. The van der Waals surface area contributed by atoms with Gasteiger partial charge >= 0.3 is 0 Å². The number of hydrogen-bond donors (Lipinski definition) is 3. The Morgan fingerprint density at radius 1 is 1.35 bits per heavy atom. The van der Waals surface area contributed by atoms with Gasteiger partial charge in [-0.15, -0.1) is 12.4 Å². The van der Waals surface area contributed by atoms with Gasteiger partial charge in [-0.05, 0) is 24.1 Å². The highest BCUT2D eigenvalue weighted by Crippen LogP contribution is 2.32. The molecule has 1 aromatic carbocycles. The zero-order chi connectivity index (χ0) is 13.7. The summed E-state index contributed by atoms with van der Waals surface area (Å²) in [5.74, 6) is 0.630.